The maximum absolute atomic E-state index is 13.3. The summed E-state index contributed by atoms with van der Waals surface area (Å²) in [6.07, 6.45) is 2.51. The van der Waals surface area contributed by atoms with Gasteiger partial charge in [0.2, 0.25) is 10.0 Å². The normalized spacial score (nSPS) is 22.8. The summed E-state index contributed by atoms with van der Waals surface area (Å²) in [4.78, 5) is 14.5. The van der Waals surface area contributed by atoms with Gasteiger partial charge in [-0.2, -0.15) is 4.31 Å². The van der Waals surface area contributed by atoms with Crippen LogP contribution in [0.25, 0.3) is 0 Å². The molecule has 2 heterocycles. The highest BCUT2D eigenvalue weighted by Crippen LogP contribution is 2.31. The van der Waals surface area contributed by atoms with Crippen molar-refractivity contribution in [2.75, 3.05) is 19.6 Å². The van der Waals surface area contributed by atoms with Crippen molar-refractivity contribution in [1.82, 2.24) is 14.7 Å². The highest BCUT2D eigenvalue weighted by Gasteiger charge is 2.45. The van der Waals surface area contributed by atoms with Crippen LogP contribution >= 0.6 is 0 Å². The molecule has 2 aromatic rings. The largest absolute Gasteiger partial charge is 0.457 e. The van der Waals surface area contributed by atoms with Gasteiger partial charge in [-0.25, -0.2) is 13.9 Å². The number of amides is 1. The summed E-state index contributed by atoms with van der Waals surface area (Å²) in [5.74, 6) is 0.464. The molecule has 8 nitrogen and oxygen atoms in total. The van der Waals surface area contributed by atoms with Crippen LogP contribution in [0.3, 0.4) is 0 Å². The number of rotatable bonds is 6. The van der Waals surface area contributed by atoms with Crippen LogP contribution in [-0.2, 0) is 14.8 Å². The van der Waals surface area contributed by atoms with Crippen LogP contribution in [-0.4, -0.2) is 60.5 Å². The Morgan fingerprint density at radius 3 is 2.27 bits per heavy atom. The fourth-order valence-electron chi connectivity index (χ4n) is 4.17. The highest BCUT2D eigenvalue weighted by atomic mass is 32.2. The molecule has 160 valence electrons. The van der Waals surface area contributed by atoms with E-state index < -0.39 is 22.0 Å². The SMILES string of the molecule is O=C(NO)[C@H]1C[C@H](N2CCCC2)CN1S(=O)(=O)c1ccc(Oc2ccccc2)cc1. The Morgan fingerprint density at radius 2 is 1.63 bits per heavy atom. The highest BCUT2D eigenvalue weighted by molar-refractivity contribution is 7.89. The minimum absolute atomic E-state index is 0.0368. The van der Waals surface area contributed by atoms with Crippen LogP contribution in [0.2, 0.25) is 0 Å². The van der Waals surface area contributed by atoms with E-state index in [9.17, 15) is 13.2 Å². The van der Waals surface area contributed by atoms with Crippen LogP contribution in [0, 0.1) is 0 Å². The third kappa shape index (κ3) is 4.20. The number of carbonyl (C=O) groups excluding carboxylic acids is 1. The molecule has 0 aliphatic carbocycles. The number of sulfonamides is 1. The number of likely N-dealkylation sites (tertiary alicyclic amines) is 1. The van der Waals surface area contributed by atoms with Crippen LogP contribution in [0.4, 0.5) is 0 Å². The number of hydroxylamine groups is 1. The molecule has 2 aliphatic rings. The summed E-state index contributed by atoms with van der Waals surface area (Å²) in [5.41, 5.74) is 1.62. The predicted octanol–water partition coefficient (Wildman–Crippen LogP) is 2.21. The molecule has 4 rings (SSSR count). The average Bonchev–Trinajstić information content (AvgIpc) is 3.44. The molecule has 0 unspecified atom stereocenters. The van der Waals surface area contributed by atoms with Gasteiger partial charge in [-0.05, 0) is 68.8 Å². The van der Waals surface area contributed by atoms with Gasteiger partial charge in [0.15, 0.2) is 0 Å². The third-order valence-electron chi connectivity index (χ3n) is 5.71. The number of carbonyl (C=O) groups is 1. The Hall–Kier alpha value is -2.46. The lowest BCUT2D eigenvalue weighted by Crippen LogP contribution is -2.45. The fourth-order valence-corrected chi connectivity index (χ4v) is 5.81. The van der Waals surface area contributed by atoms with Crippen molar-refractivity contribution >= 4 is 15.9 Å². The van der Waals surface area contributed by atoms with Gasteiger partial charge >= 0.3 is 0 Å². The van der Waals surface area contributed by atoms with Crippen LogP contribution in [0.15, 0.2) is 59.5 Å². The Labute approximate surface area is 176 Å². The van der Waals surface area contributed by atoms with Crippen molar-refractivity contribution in [1.29, 1.82) is 0 Å². The number of hydrogen-bond donors (Lipinski definition) is 2. The fraction of sp³-hybridized carbons (Fsp3) is 0.381. The summed E-state index contributed by atoms with van der Waals surface area (Å²) in [7, 11) is -3.92. The van der Waals surface area contributed by atoms with Crippen LogP contribution in [0.5, 0.6) is 11.5 Å². The molecule has 0 aromatic heterocycles. The lowest BCUT2D eigenvalue weighted by atomic mass is 10.1. The lowest BCUT2D eigenvalue weighted by Gasteiger charge is -2.24. The van der Waals surface area contributed by atoms with Gasteiger partial charge in [-0.1, -0.05) is 18.2 Å². The zero-order valence-electron chi connectivity index (χ0n) is 16.5. The summed E-state index contributed by atoms with van der Waals surface area (Å²) in [6.45, 7) is 2.03. The quantitative estimate of drug-likeness (QED) is 0.538. The van der Waals surface area contributed by atoms with E-state index in [1.807, 2.05) is 30.3 Å². The van der Waals surface area contributed by atoms with Crippen LogP contribution in [0.1, 0.15) is 19.3 Å². The molecule has 30 heavy (non-hydrogen) atoms. The summed E-state index contributed by atoms with van der Waals surface area (Å²) in [6, 6.07) is 14.4. The molecule has 2 fully saturated rings. The molecular formula is C21H25N3O5S. The summed E-state index contributed by atoms with van der Waals surface area (Å²) < 4.78 is 33.5. The molecule has 2 aromatic carbocycles. The van der Waals surface area contributed by atoms with Crippen molar-refractivity contribution < 1.29 is 23.2 Å². The maximum Gasteiger partial charge on any atom is 0.261 e. The number of hydrogen-bond acceptors (Lipinski definition) is 6. The van der Waals surface area contributed by atoms with Crippen LogP contribution < -0.4 is 10.2 Å². The van der Waals surface area contributed by atoms with Crippen molar-refractivity contribution in [2.24, 2.45) is 0 Å². The molecule has 1 amide bonds. The van der Waals surface area contributed by atoms with E-state index >= 15 is 0 Å². The second-order valence-corrected chi connectivity index (χ2v) is 9.48. The monoisotopic (exact) mass is 431 g/mol. The predicted molar refractivity (Wildman–Crippen MR) is 110 cm³/mol. The number of nitrogens with zero attached hydrogens (tertiary/aromatic N) is 2. The Kier molecular flexibility index (Phi) is 6.05. The second-order valence-electron chi connectivity index (χ2n) is 7.59. The number of benzene rings is 2. The van der Waals surface area contributed by atoms with Crippen molar-refractivity contribution in [2.45, 2.75) is 36.2 Å². The Bertz CT molecular complexity index is 975. The number of nitrogens with one attached hydrogen (secondary N) is 1. The molecule has 2 atom stereocenters. The van der Waals surface area contributed by atoms with Gasteiger partial charge in [0.05, 0.1) is 4.90 Å². The first-order chi connectivity index (χ1) is 14.5. The standard InChI is InChI=1S/C21H25N3O5S/c25-21(22-26)20-14-16(23-12-4-5-13-23)15-24(20)30(27,28)19-10-8-18(9-11-19)29-17-6-2-1-3-7-17/h1-3,6-11,16,20,26H,4-5,12-15H2,(H,22,25)/t16-,20+/m0/s1. The van der Waals surface area contributed by atoms with Gasteiger partial charge in [0, 0.05) is 12.6 Å². The van der Waals surface area contributed by atoms with E-state index in [-0.39, 0.29) is 17.5 Å². The minimum Gasteiger partial charge on any atom is -0.457 e. The van der Waals surface area contributed by atoms with Crippen molar-refractivity contribution in [3.8, 4) is 11.5 Å². The van der Waals surface area contributed by atoms with Gasteiger partial charge in [0.25, 0.3) is 5.91 Å². The molecule has 0 saturated carbocycles. The van der Waals surface area contributed by atoms with Gasteiger partial charge in [-0.15, -0.1) is 0 Å². The summed E-state index contributed by atoms with van der Waals surface area (Å²) in [5, 5.41) is 9.13. The summed E-state index contributed by atoms with van der Waals surface area (Å²) >= 11 is 0. The zero-order valence-corrected chi connectivity index (χ0v) is 17.3. The zero-order chi connectivity index (χ0) is 21.1. The van der Waals surface area contributed by atoms with E-state index in [1.165, 1.54) is 16.4 Å². The number of ether oxygens (including phenoxy) is 1. The third-order valence-corrected chi connectivity index (χ3v) is 7.60. The van der Waals surface area contributed by atoms with Crippen molar-refractivity contribution in [3.05, 3.63) is 54.6 Å². The topological polar surface area (TPSA) is 99.2 Å². The van der Waals surface area contributed by atoms with E-state index in [0.717, 1.165) is 25.9 Å². The van der Waals surface area contributed by atoms with Gasteiger partial charge < -0.3 is 4.74 Å². The number of para-hydroxylation sites is 1. The maximum atomic E-state index is 13.3. The second kappa shape index (κ2) is 8.73. The first-order valence-corrected chi connectivity index (χ1v) is 11.5. The smallest absolute Gasteiger partial charge is 0.261 e. The molecule has 0 radical (unpaired) electrons. The first kappa shape index (κ1) is 20.8. The molecule has 9 heteroatoms. The molecule has 2 N–H and O–H groups in total. The Morgan fingerprint density at radius 1 is 1.00 bits per heavy atom. The minimum atomic E-state index is -3.92. The first-order valence-electron chi connectivity index (χ1n) is 10.0. The van der Waals surface area contributed by atoms with Gasteiger partial charge in [0.1, 0.15) is 17.5 Å². The Balaban J connectivity index is 1.55. The van der Waals surface area contributed by atoms with E-state index in [1.54, 1.807) is 17.6 Å². The van der Waals surface area contributed by atoms with Gasteiger partial charge in [-0.3, -0.25) is 14.9 Å². The molecule has 0 spiro atoms. The van der Waals surface area contributed by atoms with E-state index in [0.29, 0.717) is 17.9 Å². The molecule has 2 saturated heterocycles. The molecule has 2 aliphatic heterocycles. The van der Waals surface area contributed by atoms with Crippen molar-refractivity contribution in [3.63, 3.8) is 0 Å². The lowest BCUT2D eigenvalue weighted by molar-refractivity contribution is -0.132. The molecular weight excluding hydrogens is 406 g/mol. The molecule has 0 bridgehead atoms. The van der Waals surface area contributed by atoms with E-state index in [4.69, 9.17) is 9.94 Å². The average molecular weight is 432 g/mol. The van der Waals surface area contributed by atoms with E-state index in [2.05, 4.69) is 4.90 Å².